The molecule has 0 atom stereocenters. The summed E-state index contributed by atoms with van der Waals surface area (Å²) in [4.78, 5) is 2.75. The molecule has 0 spiro atoms. The van der Waals surface area contributed by atoms with Crippen LogP contribution >= 0.6 is 0 Å². The summed E-state index contributed by atoms with van der Waals surface area (Å²) in [6.07, 6.45) is 8.51. The maximum Gasteiger partial charge on any atom is 0.00501 e. The lowest BCUT2D eigenvalue weighted by atomic mass is 9.80. The lowest BCUT2D eigenvalue weighted by molar-refractivity contribution is 0.0819. The first kappa shape index (κ1) is 15.3. The summed E-state index contributed by atoms with van der Waals surface area (Å²) in [6, 6.07) is 0.623. The quantitative estimate of drug-likeness (QED) is 0.817. The van der Waals surface area contributed by atoms with Crippen molar-refractivity contribution in [3.8, 4) is 0 Å². The van der Waals surface area contributed by atoms with Crippen LogP contribution in [0.25, 0.3) is 0 Å². The second-order valence-electron chi connectivity index (χ2n) is 8.18. The molecule has 112 valence electrons. The molecule has 2 rings (SSSR count). The normalized spacial score (nSPS) is 27.0. The summed E-state index contributed by atoms with van der Waals surface area (Å²) in [5, 5.41) is 3.71. The molecule has 0 aromatic rings. The summed E-state index contributed by atoms with van der Waals surface area (Å²) in [7, 11) is 0. The van der Waals surface area contributed by atoms with Crippen LogP contribution in [-0.4, -0.2) is 37.1 Å². The van der Waals surface area contributed by atoms with Crippen molar-refractivity contribution in [2.24, 2.45) is 10.8 Å². The van der Waals surface area contributed by atoms with Gasteiger partial charge in [0.2, 0.25) is 0 Å². The number of nitrogens with zero attached hydrogens (tertiary/aromatic N) is 1. The Balaban J connectivity index is 1.87. The van der Waals surface area contributed by atoms with Crippen molar-refractivity contribution < 1.29 is 0 Å². The Hall–Kier alpha value is -0.0800. The molecule has 0 aromatic carbocycles. The van der Waals surface area contributed by atoms with Crippen LogP contribution in [-0.2, 0) is 0 Å². The summed E-state index contributed by atoms with van der Waals surface area (Å²) < 4.78 is 0. The van der Waals surface area contributed by atoms with Gasteiger partial charge in [-0.15, -0.1) is 0 Å². The second-order valence-corrected chi connectivity index (χ2v) is 8.18. The highest BCUT2D eigenvalue weighted by molar-refractivity contribution is 4.91. The molecule has 0 aromatic heterocycles. The first-order valence-corrected chi connectivity index (χ1v) is 8.37. The monoisotopic (exact) mass is 266 g/mol. The first-order valence-electron chi connectivity index (χ1n) is 8.37. The van der Waals surface area contributed by atoms with E-state index in [1.54, 1.807) is 0 Å². The number of nitrogens with one attached hydrogen (secondary N) is 1. The van der Waals surface area contributed by atoms with Crippen LogP contribution in [0.4, 0.5) is 0 Å². The Morgan fingerprint density at radius 1 is 1.00 bits per heavy atom. The van der Waals surface area contributed by atoms with Gasteiger partial charge in [0.25, 0.3) is 0 Å². The van der Waals surface area contributed by atoms with Crippen LogP contribution in [0.1, 0.15) is 66.2 Å². The first-order chi connectivity index (χ1) is 8.91. The summed E-state index contributed by atoms with van der Waals surface area (Å²) in [5.74, 6) is 0. The molecule has 2 fully saturated rings. The lowest BCUT2D eigenvalue weighted by Gasteiger charge is -2.42. The molecule has 2 aliphatic rings. The zero-order chi connectivity index (χ0) is 13.9. The fourth-order valence-corrected chi connectivity index (χ4v) is 3.73. The predicted octanol–water partition coefficient (Wildman–Crippen LogP) is 3.67. The van der Waals surface area contributed by atoms with E-state index < -0.39 is 0 Å². The Morgan fingerprint density at radius 3 is 2.11 bits per heavy atom. The lowest BCUT2D eigenvalue weighted by Crippen LogP contribution is -2.47. The van der Waals surface area contributed by atoms with Gasteiger partial charge in [-0.2, -0.15) is 0 Å². The van der Waals surface area contributed by atoms with Gasteiger partial charge in [0.15, 0.2) is 0 Å². The minimum atomic E-state index is 0.575. The summed E-state index contributed by atoms with van der Waals surface area (Å²) in [6.45, 7) is 14.6. The molecule has 0 radical (unpaired) electrons. The maximum atomic E-state index is 3.71. The van der Waals surface area contributed by atoms with Crippen LogP contribution in [0.2, 0.25) is 0 Å². The van der Waals surface area contributed by atoms with E-state index in [-0.39, 0.29) is 0 Å². The third kappa shape index (κ3) is 4.46. The van der Waals surface area contributed by atoms with Crippen LogP contribution in [0.5, 0.6) is 0 Å². The van der Waals surface area contributed by atoms with Gasteiger partial charge in [0.05, 0.1) is 0 Å². The predicted molar refractivity (Wildman–Crippen MR) is 83.5 cm³/mol. The molecular weight excluding hydrogens is 232 g/mol. The number of piperidine rings is 1. The molecule has 0 amide bonds. The minimum absolute atomic E-state index is 0.575. The van der Waals surface area contributed by atoms with Crippen molar-refractivity contribution in [3.05, 3.63) is 0 Å². The van der Waals surface area contributed by atoms with Gasteiger partial charge < -0.3 is 10.2 Å². The van der Waals surface area contributed by atoms with E-state index in [1.165, 1.54) is 64.7 Å². The number of hydrogen-bond acceptors (Lipinski definition) is 2. The van der Waals surface area contributed by atoms with E-state index in [0.717, 1.165) is 0 Å². The Kier molecular flexibility index (Phi) is 4.94. The Bertz CT molecular complexity index is 267. The topological polar surface area (TPSA) is 15.3 Å². The maximum absolute atomic E-state index is 3.71. The summed E-state index contributed by atoms with van der Waals surface area (Å²) >= 11 is 0. The number of rotatable bonds is 5. The van der Waals surface area contributed by atoms with Crippen LogP contribution in [0.3, 0.4) is 0 Å². The summed E-state index contributed by atoms with van der Waals surface area (Å²) in [5.41, 5.74) is 1.15. The molecule has 19 heavy (non-hydrogen) atoms. The van der Waals surface area contributed by atoms with Crippen molar-refractivity contribution >= 4 is 0 Å². The van der Waals surface area contributed by atoms with E-state index >= 15 is 0 Å². The Labute approximate surface area is 120 Å². The molecule has 1 aliphatic carbocycles. The zero-order valence-electron chi connectivity index (χ0n) is 13.6. The van der Waals surface area contributed by atoms with Crippen molar-refractivity contribution in [3.63, 3.8) is 0 Å². The molecule has 1 heterocycles. The largest absolute Gasteiger partial charge is 0.314 e. The van der Waals surface area contributed by atoms with E-state index in [2.05, 4.69) is 37.9 Å². The molecule has 2 nitrogen and oxygen atoms in total. The number of likely N-dealkylation sites (tertiary alicyclic amines) is 1. The van der Waals surface area contributed by atoms with Gasteiger partial charge in [0, 0.05) is 19.1 Å². The smallest absolute Gasteiger partial charge is 0.00501 e. The van der Waals surface area contributed by atoms with Crippen LogP contribution in [0, 0.1) is 10.8 Å². The molecule has 1 aliphatic heterocycles. The van der Waals surface area contributed by atoms with Crippen molar-refractivity contribution in [2.75, 3.05) is 26.2 Å². The standard InChI is InChI=1S/C17H34N2/c1-15(2)18-13-17(7-5-6-8-17)14-19-11-9-16(3,4)10-12-19/h15,18H,5-14H2,1-4H3. The molecule has 0 bridgehead atoms. The number of hydrogen-bond donors (Lipinski definition) is 1. The Morgan fingerprint density at radius 2 is 1.58 bits per heavy atom. The van der Waals surface area contributed by atoms with E-state index in [9.17, 15) is 0 Å². The van der Waals surface area contributed by atoms with Crippen molar-refractivity contribution in [1.29, 1.82) is 0 Å². The minimum Gasteiger partial charge on any atom is -0.314 e. The van der Waals surface area contributed by atoms with E-state index in [0.29, 0.717) is 16.9 Å². The van der Waals surface area contributed by atoms with Gasteiger partial charge in [-0.1, -0.05) is 40.5 Å². The van der Waals surface area contributed by atoms with E-state index in [4.69, 9.17) is 0 Å². The van der Waals surface area contributed by atoms with Crippen molar-refractivity contribution in [2.45, 2.75) is 72.3 Å². The third-order valence-corrected chi connectivity index (χ3v) is 5.32. The molecule has 1 saturated heterocycles. The molecule has 0 unspecified atom stereocenters. The average Bonchev–Trinajstić information content (AvgIpc) is 2.79. The zero-order valence-corrected chi connectivity index (χ0v) is 13.6. The SMILES string of the molecule is CC(C)NCC1(CN2CCC(C)(C)CC2)CCCC1. The fourth-order valence-electron chi connectivity index (χ4n) is 3.73. The molecule has 1 N–H and O–H groups in total. The van der Waals surface area contributed by atoms with Gasteiger partial charge in [0.1, 0.15) is 0 Å². The van der Waals surface area contributed by atoms with Crippen LogP contribution < -0.4 is 5.32 Å². The third-order valence-electron chi connectivity index (χ3n) is 5.32. The van der Waals surface area contributed by atoms with Crippen LogP contribution in [0.15, 0.2) is 0 Å². The van der Waals surface area contributed by atoms with Crippen molar-refractivity contribution in [1.82, 2.24) is 10.2 Å². The van der Waals surface area contributed by atoms with Gasteiger partial charge >= 0.3 is 0 Å². The van der Waals surface area contributed by atoms with Gasteiger partial charge in [-0.3, -0.25) is 0 Å². The highest BCUT2D eigenvalue weighted by Crippen LogP contribution is 2.40. The molecule has 2 heteroatoms. The fraction of sp³-hybridized carbons (Fsp3) is 1.00. The van der Waals surface area contributed by atoms with Gasteiger partial charge in [-0.25, -0.2) is 0 Å². The molecular formula is C17H34N2. The second kappa shape index (κ2) is 6.13. The highest BCUT2D eigenvalue weighted by Gasteiger charge is 2.37. The average molecular weight is 266 g/mol. The highest BCUT2D eigenvalue weighted by atomic mass is 15.1. The molecule has 1 saturated carbocycles. The van der Waals surface area contributed by atoms with E-state index in [1.807, 2.05) is 0 Å². The van der Waals surface area contributed by atoms with Gasteiger partial charge in [-0.05, 0) is 49.6 Å².